The van der Waals surface area contributed by atoms with E-state index in [1.165, 1.54) is 0 Å². The Morgan fingerprint density at radius 1 is 0.969 bits per heavy atom. The number of hydrogen-bond acceptors (Lipinski definition) is 3. The van der Waals surface area contributed by atoms with E-state index in [1.54, 1.807) is 0 Å². The normalized spacial score (nSPS) is 18.7. The van der Waals surface area contributed by atoms with E-state index in [0.29, 0.717) is 6.04 Å². The van der Waals surface area contributed by atoms with Crippen molar-refractivity contribution in [2.24, 2.45) is 11.7 Å². The minimum Gasteiger partial charge on any atom is -0.369 e. The molecule has 0 saturated heterocycles. The molecule has 1 saturated carbocycles. The number of pyridine rings is 1. The van der Waals surface area contributed by atoms with Gasteiger partial charge in [0.1, 0.15) is 5.41 Å². The highest BCUT2D eigenvalue weighted by Crippen LogP contribution is 2.47. The van der Waals surface area contributed by atoms with Crippen molar-refractivity contribution in [2.45, 2.75) is 44.1 Å². The molecule has 1 amide bonds. The number of carbonyl (C=O) groups excluding carboxylic acids is 1. The number of primary amides is 1. The number of aromatic nitrogens is 1. The number of amides is 1. The Hall–Kier alpha value is -2.98. The topological polar surface area (TPSA) is 59.2 Å². The van der Waals surface area contributed by atoms with Gasteiger partial charge in [-0.15, -0.1) is 0 Å². The third-order valence-corrected chi connectivity index (χ3v) is 7.15. The van der Waals surface area contributed by atoms with Crippen LogP contribution in [-0.4, -0.2) is 35.4 Å². The smallest absolute Gasteiger partial charge is 0.232 e. The molecule has 0 spiro atoms. The molecule has 2 unspecified atom stereocenters. The van der Waals surface area contributed by atoms with Crippen LogP contribution in [0.1, 0.15) is 41.8 Å². The van der Waals surface area contributed by atoms with Crippen LogP contribution in [0.5, 0.6) is 0 Å². The van der Waals surface area contributed by atoms with Crippen LogP contribution in [0.2, 0.25) is 0 Å². The van der Waals surface area contributed by atoms with Gasteiger partial charge in [-0.05, 0) is 62.4 Å². The number of hydrogen-bond donors (Lipinski definition) is 1. The molecule has 2 atom stereocenters. The lowest BCUT2D eigenvalue weighted by molar-refractivity contribution is -0.123. The standard InChI is InChI=1S/C28H33N3O/c1-21-10-9-15-25(30-21)18-19-31(2)26-17-16-24(20-26)28(27(29)32,22-11-5-3-6-12-22)23-13-7-4-8-14-23/h3-15,24,26H,16-20H2,1-2H3,(H2,29,32). The number of benzene rings is 2. The minimum atomic E-state index is -0.809. The highest BCUT2D eigenvalue weighted by Gasteiger charge is 2.50. The van der Waals surface area contributed by atoms with Crippen molar-refractivity contribution in [1.82, 2.24) is 9.88 Å². The van der Waals surface area contributed by atoms with Gasteiger partial charge in [-0.3, -0.25) is 9.78 Å². The third-order valence-electron chi connectivity index (χ3n) is 7.15. The lowest BCUT2D eigenvalue weighted by Gasteiger charge is -2.38. The number of aryl methyl sites for hydroxylation is 1. The molecule has 4 rings (SSSR count). The summed E-state index contributed by atoms with van der Waals surface area (Å²) >= 11 is 0. The quantitative estimate of drug-likeness (QED) is 0.576. The number of rotatable bonds is 8. The molecule has 3 aromatic rings. The predicted molar refractivity (Wildman–Crippen MR) is 129 cm³/mol. The summed E-state index contributed by atoms with van der Waals surface area (Å²) in [5.74, 6) is -0.0958. The molecule has 1 aliphatic rings. The summed E-state index contributed by atoms with van der Waals surface area (Å²) in [5.41, 5.74) is 9.60. The average molecular weight is 428 g/mol. The summed E-state index contributed by atoms with van der Waals surface area (Å²) < 4.78 is 0. The maximum Gasteiger partial charge on any atom is 0.232 e. The van der Waals surface area contributed by atoms with Gasteiger partial charge in [0.2, 0.25) is 5.91 Å². The fourth-order valence-corrected chi connectivity index (χ4v) is 5.49. The van der Waals surface area contributed by atoms with E-state index in [4.69, 9.17) is 5.73 Å². The Morgan fingerprint density at radius 3 is 2.16 bits per heavy atom. The largest absolute Gasteiger partial charge is 0.369 e. The van der Waals surface area contributed by atoms with Crippen LogP contribution in [0.15, 0.2) is 78.9 Å². The van der Waals surface area contributed by atoms with Crippen LogP contribution in [0.3, 0.4) is 0 Å². The van der Waals surface area contributed by atoms with Gasteiger partial charge in [0, 0.05) is 30.4 Å². The van der Waals surface area contributed by atoms with Crippen molar-refractivity contribution in [3.05, 3.63) is 101 Å². The predicted octanol–water partition coefficient (Wildman–Crippen LogP) is 4.50. The maximum atomic E-state index is 13.2. The average Bonchev–Trinajstić information content (AvgIpc) is 3.30. The van der Waals surface area contributed by atoms with Crippen molar-refractivity contribution in [2.75, 3.05) is 13.6 Å². The second-order valence-corrected chi connectivity index (χ2v) is 9.07. The monoisotopic (exact) mass is 427 g/mol. The van der Waals surface area contributed by atoms with Crippen LogP contribution in [0, 0.1) is 12.8 Å². The van der Waals surface area contributed by atoms with Crippen LogP contribution in [0.4, 0.5) is 0 Å². The Kier molecular flexibility index (Phi) is 6.71. The van der Waals surface area contributed by atoms with E-state index < -0.39 is 5.41 Å². The summed E-state index contributed by atoms with van der Waals surface area (Å²) in [6, 6.07) is 26.8. The molecule has 0 aliphatic heterocycles. The number of likely N-dealkylation sites (N-methyl/N-ethyl adjacent to an activating group) is 1. The summed E-state index contributed by atoms with van der Waals surface area (Å²) in [6.07, 6.45) is 3.92. The number of nitrogens with zero attached hydrogens (tertiary/aromatic N) is 2. The van der Waals surface area contributed by atoms with Gasteiger partial charge >= 0.3 is 0 Å². The minimum absolute atomic E-state index is 0.161. The molecule has 2 N–H and O–H groups in total. The van der Waals surface area contributed by atoms with Gasteiger partial charge in [-0.1, -0.05) is 66.7 Å². The lowest BCUT2D eigenvalue weighted by Crippen LogP contribution is -2.48. The molecular weight excluding hydrogens is 394 g/mol. The number of nitrogens with two attached hydrogens (primary N) is 1. The first kappa shape index (κ1) is 22.2. The van der Waals surface area contributed by atoms with Gasteiger partial charge < -0.3 is 10.6 Å². The molecule has 1 aromatic heterocycles. The van der Waals surface area contributed by atoms with Crippen LogP contribution < -0.4 is 5.73 Å². The van der Waals surface area contributed by atoms with E-state index in [9.17, 15) is 4.79 Å². The van der Waals surface area contributed by atoms with Crippen molar-refractivity contribution in [3.63, 3.8) is 0 Å². The second kappa shape index (κ2) is 9.66. The van der Waals surface area contributed by atoms with Crippen molar-refractivity contribution in [3.8, 4) is 0 Å². The fraction of sp³-hybridized carbons (Fsp3) is 0.357. The first-order valence-electron chi connectivity index (χ1n) is 11.6. The van der Waals surface area contributed by atoms with E-state index in [-0.39, 0.29) is 11.8 Å². The molecule has 32 heavy (non-hydrogen) atoms. The van der Waals surface area contributed by atoms with E-state index in [1.807, 2.05) is 49.4 Å². The summed E-state index contributed by atoms with van der Waals surface area (Å²) in [6.45, 7) is 2.99. The highest BCUT2D eigenvalue weighted by atomic mass is 16.1. The van der Waals surface area contributed by atoms with E-state index in [2.05, 4.69) is 53.3 Å². The summed E-state index contributed by atoms with van der Waals surface area (Å²) in [5, 5.41) is 0. The number of carbonyl (C=O) groups is 1. The Bertz CT molecular complexity index is 995. The molecule has 4 heteroatoms. The summed E-state index contributed by atoms with van der Waals surface area (Å²) in [4.78, 5) is 20.3. The molecule has 166 valence electrons. The SMILES string of the molecule is Cc1cccc(CCN(C)C2CCC(C(C(N)=O)(c3ccccc3)c3ccccc3)C2)n1. The van der Waals surface area contributed by atoms with Gasteiger partial charge in [-0.2, -0.15) is 0 Å². The van der Waals surface area contributed by atoms with Crippen molar-refractivity contribution >= 4 is 5.91 Å². The Morgan fingerprint density at radius 2 is 1.59 bits per heavy atom. The van der Waals surface area contributed by atoms with E-state index in [0.717, 1.165) is 54.7 Å². The van der Waals surface area contributed by atoms with Crippen LogP contribution >= 0.6 is 0 Å². The lowest BCUT2D eigenvalue weighted by atomic mass is 9.64. The zero-order valence-corrected chi connectivity index (χ0v) is 19.1. The van der Waals surface area contributed by atoms with Gasteiger partial charge in [0.05, 0.1) is 0 Å². The summed E-state index contributed by atoms with van der Waals surface area (Å²) in [7, 11) is 2.19. The van der Waals surface area contributed by atoms with Crippen LogP contribution in [-0.2, 0) is 16.6 Å². The maximum absolute atomic E-state index is 13.2. The molecule has 2 aromatic carbocycles. The van der Waals surface area contributed by atoms with Crippen molar-refractivity contribution in [1.29, 1.82) is 0 Å². The zero-order valence-electron chi connectivity index (χ0n) is 19.1. The van der Waals surface area contributed by atoms with Gasteiger partial charge in [-0.25, -0.2) is 0 Å². The first-order valence-corrected chi connectivity index (χ1v) is 11.6. The highest BCUT2D eigenvalue weighted by molar-refractivity contribution is 5.91. The van der Waals surface area contributed by atoms with Gasteiger partial charge in [0.15, 0.2) is 0 Å². The Labute approximate surface area is 191 Å². The molecule has 1 fully saturated rings. The molecule has 4 nitrogen and oxygen atoms in total. The van der Waals surface area contributed by atoms with E-state index >= 15 is 0 Å². The molecule has 1 heterocycles. The Balaban J connectivity index is 1.58. The molecular formula is C28H33N3O. The van der Waals surface area contributed by atoms with Crippen molar-refractivity contribution < 1.29 is 4.79 Å². The molecule has 1 aliphatic carbocycles. The second-order valence-electron chi connectivity index (χ2n) is 9.07. The van der Waals surface area contributed by atoms with Gasteiger partial charge in [0.25, 0.3) is 0 Å². The van der Waals surface area contributed by atoms with Crippen LogP contribution in [0.25, 0.3) is 0 Å². The molecule has 0 radical (unpaired) electrons. The third kappa shape index (κ3) is 4.33. The zero-order chi connectivity index (χ0) is 22.6. The fourth-order valence-electron chi connectivity index (χ4n) is 5.49. The molecule has 0 bridgehead atoms. The first-order chi connectivity index (χ1) is 15.5.